The van der Waals surface area contributed by atoms with Gasteiger partial charge in [-0.3, -0.25) is 23.9 Å². The highest BCUT2D eigenvalue weighted by Crippen LogP contribution is 2.18. The van der Waals surface area contributed by atoms with Crippen LogP contribution in [0, 0.1) is 5.92 Å². The number of H-pyrrole nitrogens is 2. The average molecular weight is 492 g/mol. The summed E-state index contributed by atoms with van der Waals surface area (Å²) in [5.74, 6) is -0.166. The monoisotopic (exact) mass is 491 g/mol. The van der Waals surface area contributed by atoms with Crippen molar-refractivity contribution in [2.45, 2.75) is 52.1 Å². The normalized spacial score (nSPS) is 16.2. The summed E-state index contributed by atoms with van der Waals surface area (Å²) in [6, 6.07) is 0. The Kier molecular flexibility index (Phi) is 7.97. The number of ether oxygens (including phenoxy) is 1. The zero-order valence-electron chi connectivity index (χ0n) is 20.5. The van der Waals surface area contributed by atoms with Gasteiger partial charge in [0.1, 0.15) is 16.9 Å². The van der Waals surface area contributed by atoms with Crippen molar-refractivity contribution < 1.29 is 19.1 Å². The molecular formula is C22H33N7O6. The second kappa shape index (κ2) is 10.7. The number of carbonyl (C=O) groups is 3. The average Bonchev–Trinajstić information content (AvgIpc) is 3.23. The van der Waals surface area contributed by atoms with Gasteiger partial charge in [-0.05, 0) is 33.6 Å². The maximum Gasteiger partial charge on any atom is 0.407 e. The van der Waals surface area contributed by atoms with E-state index < -0.39 is 22.9 Å². The molecule has 0 radical (unpaired) electrons. The van der Waals surface area contributed by atoms with E-state index in [-0.39, 0.29) is 54.8 Å². The molecule has 0 saturated carbocycles. The minimum Gasteiger partial charge on any atom is -0.444 e. The number of imidazole rings is 1. The summed E-state index contributed by atoms with van der Waals surface area (Å²) in [5, 5.41) is 5.38. The molecule has 2 aromatic heterocycles. The summed E-state index contributed by atoms with van der Waals surface area (Å²) in [6.07, 6.45) is 1.26. The Morgan fingerprint density at radius 3 is 2.57 bits per heavy atom. The minimum atomic E-state index is -0.592. The summed E-state index contributed by atoms with van der Waals surface area (Å²) in [6.45, 7) is 6.69. The maximum atomic E-state index is 12.8. The first-order chi connectivity index (χ1) is 16.4. The number of aryl methyl sites for hydroxylation is 2. The van der Waals surface area contributed by atoms with Crippen LogP contribution in [-0.2, 0) is 27.8 Å². The Morgan fingerprint density at radius 2 is 1.86 bits per heavy atom. The Hall–Kier alpha value is -3.64. The molecule has 3 amide bonds. The molecule has 13 heteroatoms. The van der Waals surface area contributed by atoms with Crippen molar-refractivity contribution >= 4 is 29.1 Å². The van der Waals surface area contributed by atoms with Crippen LogP contribution >= 0.6 is 0 Å². The SMILES string of the molecule is Cn1c(=O)[nH]c(=O)c2[nH]c(CCC(=O)N3CCCC(C(=O)NCCNC(=O)OC(C)(C)C)C3)nc21. The molecular weight excluding hydrogens is 458 g/mol. The smallest absolute Gasteiger partial charge is 0.407 e. The molecule has 1 saturated heterocycles. The van der Waals surface area contributed by atoms with Gasteiger partial charge in [0.2, 0.25) is 11.8 Å². The van der Waals surface area contributed by atoms with E-state index >= 15 is 0 Å². The van der Waals surface area contributed by atoms with Crippen LogP contribution in [0.1, 0.15) is 45.9 Å². The quantitative estimate of drug-likeness (QED) is 0.387. The Bertz CT molecular complexity index is 1210. The minimum absolute atomic E-state index is 0.114. The zero-order valence-corrected chi connectivity index (χ0v) is 20.5. The van der Waals surface area contributed by atoms with Crippen molar-refractivity contribution in [3.05, 3.63) is 26.7 Å². The fourth-order valence-corrected chi connectivity index (χ4v) is 3.88. The van der Waals surface area contributed by atoms with Gasteiger partial charge in [-0.2, -0.15) is 0 Å². The van der Waals surface area contributed by atoms with Gasteiger partial charge in [0, 0.05) is 46.1 Å². The molecule has 3 rings (SSSR count). The van der Waals surface area contributed by atoms with Gasteiger partial charge in [0.25, 0.3) is 5.56 Å². The molecule has 0 spiro atoms. The van der Waals surface area contributed by atoms with E-state index in [1.54, 1.807) is 25.7 Å². The van der Waals surface area contributed by atoms with E-state index in [1.165, 1.54) is 11.6 Å². The predicted molar refractivity (Wildman–Crippen MR) is 127 cm³/mol. The number of nitrogens with zero attached hydrogens (tertiary/aromatic N) is 3. The molecule has 4 N–H and O–H groups in total. The van der Waals surface area contributed by atoms with Crippen molar-refractivity contribution in [2.24, 2.45) is 13.0 Å². The molecule has 13 nitrogen and oxygen atoms in total. The summed E-state index contributed by atoms with van der Waals surface area (Å²) in [7, 11) is 1.50. The maximum absolute atomic E-state index is 12.8. The number of fused-ring (bicyclic) bond motifs is 1. The van der Waals surface area contributed by atoms with Gasteiger partial charge in [-0.15, -0.1) is 0 Å². The summed E-state index contributed by atoms with van der Waals surface area (Å²) in [4.78, 5) is 71.7. The fraction of sp³-hybridized carbons (Fsp3) is 0.636. The number of aromatic nitrogens is 4. The summed E-state index contributed by atoms with van der Waals surface area (Å²) < 4.78 is 6.38. The van der Waals surface area contributed by atoms with Gasteiger partial charge in [-0.25, -0.2) is 14.6 Å². The second-order valence-electron chi connectivity index (χ2n) is 9.60. The number of aromatic amines is 2. The number of amides is 3. The van der Waals surface area contributed by atoms with Crippen LogP contribution in [0.2, 0.25) is 0 Å². The highest BCUT2D eigenvalue weighted by molar-refractivity contribution is 5.81. The third-order valence-electron chi connectivity index (χ3n) is 5.62. The van der Waals surface area contributed by atoms with E-state index in [9.17, 15) is 24.0 Å². The van der Waals surface area contributed by atoms with Crippen LogP contribution in [0.15, 0.2) is 9.59 Å². The third-order valence-corrected chi connectivity index (χ3v) is 5.62. The van der Waals surface area contributed by atoms with Gasteiger partial charge in [0.05, 0.1) is 5.92 Å². The molecule has 1 aliphatic heterocycles. The van der Waals surface area contributed by atoms with Crippen molar-refractivity contribution in [2.75, 3.05) is 26.2 Å². The highest BCUT2D eigenvalue weighted by Gasteiger charge is 2.28. The lowest BCUT2D eigenvalue weighted by Crippen LogP contribution is -2.46. The topological polar surface area (TPSA) is 171 Å². The number of hydrogen-bond donors (Lipinski definition) is 4. The van der Waals surface area contributed by atoms with Crippen LogP contribution in [0.25, 0.3) is 11.2 Å². The number of alkyl carbamates (subject to hydrolysis) is 1. The second-order valence-corrected chi connectivity index (χ2v) is 9.60. The standard InChI is InChI=1S/C22H33N7O6/c1-22(2,3)35-21(34)24-10-9-23-18(31)13-6-5-11-29(12-13)15(30)8-7-14-25-16-17(26-14)28(4)20(33)27-19(16)32/h13H,5-12H2,1-4H3,(H,23,31)(H,24,34)(H,25,26)(H,27,32,33). The molecule has 0 bridgehead atoms. The lowest BCUT2D eigenvalue weighted by molar-refractivity contribution is -0.135. The van der Waals surface area contributed by atoms with Crippen LogP contribution in [0.4, 0.5) is 4.79 Å². The first kappa shape index (κ1) is 26.0. The van der Waals surface area contributed by atoms with Crippen molar-refractivity contribution in [3.63, 3.8) is 0 Å². The number of hydrogen-bond acceptors (Lipinski definition) is 7. The Morgan fingerprint density at radius 1 is 1.14 bits per heavy atom. The van der Waals surface area contributed by atoms with Crippen LogP contribution in [0.3, 0.4) is 0 Å². The highest BCUT2D eigenvalue weighted by atomic mass is 16.6. The van der Waals surface area contributed by atoms with Crippen LogP contribution in [-0.4, -0.2) is 74.1 Å². The number of rotatable bonds is 7. The van der Waals surface area contributed by atoms with E-state index in [4.69, 9.17) is 4.74 Å². The van der Waals surface area contributed by atoms with E-state index in [1.807, 2.05) is 0 Å². The first-order valence-corrected chi connectivity index (χ1v) is 11.6. The first-order valence-electron chi connectivity index (χ1n) is 11.6. The molecule has 3 heterocycles. The van der Waals surface area contributed by atoms with E-state index in [2.05, 4.69) is 25.6 Å². The Labute approximate surface area is 201 Å². The molecule has 35 heavy (non-hydrogen) atoms. The van der Waals surface area contributed by atoms with Crippen molar-refractivity contribution in [1.29, 1.82) is 0 Å². The molecule has 0 aromatic carbocycles. The van der Waals surface area contributed by atoms with Crippen molar-refractivity contribution in [1.82, 2.24) is 35.1 Å². The van der Waals surface area contributed by atoms with Gasteiger partial charge in [0.15, 0.2) is 5.65 Å². The van der Waals surface area contributed by atoms with Gasteiger partial charge in [-0.1, -0.05) is 0 Å². The van der Waals surface area contributed by atoms with Crippen LogP contribution < -0.4 is 21.9 Å². The lowest BCUT2D eigenvalue weighted by atomic mass is 9.96. The lowest BCUT2D eigenvalue weighted by Gasteiger charge is -2.32. The molecule has 1 atom stereocenters. The zero-order chi connectivity index (χ0) is 25.8. The summed E-state index contributed by atoms with van der Waals surface area (Å²) in [5.41, 5.74) is -1.29. The largest absolute Gasteiger partial charge is 0.444 e. The van der Waals surface area contributed by atoms with Crippen LogP contribution in [0.5, 0.6) is 0 Å². The van der Waals surface area contributed by atoms with E-state index in [0.29, 0.717) is 31.8 Å². The molecule has 0 aliphatic carbocycles. The number of piperidine rings is 1. The molecule has 1 unspecified atom stereocenters. The number of carbonyl (C=O) groups excluding carboxylic acids is 3. The molecule has 2 aromatic rings. The summed E-state index contributed by atoms with van der Waals surface area (Å²) >= 11 is 0. The van der Waals surface area contributed by atoms with Crippen molar-refractivity contribution in [3.8, 4) is 0 Å². The van der Waals surface area contributed by atoms with Gasteiger partial charge < -0.3 is 25.3 Å². The van der Waals surface area contributed by atoms with E-state index in [0.717, 1.165) is 0 Å². The third kappa shape index (κ3) is 6.93. The number of likely N-dealkylation sites (tertiary alicyclic amines) is 1. The Balaban J connectivity index is 1.46. The predicted octanol–water partition coefficient (Wildman–Crippen LogP) is -0.238. The fourth-order valence-electron chi connectivity index (χ4n) is 3.88. The molecule has 1 fully saturated rings. The number of nitrogens with one attached hydrogen (secondary N) is 4. The molecule has 192 valence electrons. The van der Waals surface area contributed by atoms with Gasteiger partial charge >= 0.3 is 11.8 Å². The molecule has 1 aliphatic rings.